The van der Waals surface area contributed by atoms with Crippen LogP contribution in [0, 0.1) is 6.92 Å². The normalized spacial score (nSPS) is 19.4. The lowest BCUT2D eigenvalue weighted by Gasteiger charge is -2.41. The molecule has 7 heteroatoms. The van der Waals surface area contributed by atoms with Crippen LogP contribution < -0.4 is 0 Å². The summed E-state index contributed by atoms with van der Waals surface area (Å²) in [5.41, 5.74) is 1.63. The highest BCUT2D eigenvalue weighted by molar-refractivity contribution is 5.94. The van der Waals surface area contributed by atoms with Crippen molar-refractivity contribution in [1.82, 2.24) is 14.7 Å². The van der Waals surface area contributed by atoms with Gasteiger partial charge in [-0.1, -0.05) is 0 Å². The average molecular weight is 357 g/mol. The molecule has 1 aromatic carbocycles. The number of amides is 1. The molecule has 0 bridgehead atoms. The van der Waals surface area contributed by atoms with Gasteiger partial charge >= 0.3 is 5.97 Å². The van der Waals surface area contributed by atoms with E-state index < -0.39 is 5.97 Å². The lowest BCUT2D eigenvalue weighted by atomic mass is 10.0. The molecule has 138 valence electrons. The number of aromatic nitrogens is 2. The van der Waals surface area contributed by atoms with E-state index in [-0.39, 0.29) is 23.2 Å². The number of benzene rings is 1. The van der Waals surface area contributed by atoms with E-state index in [0.717, 1.165) is 0 Å². The minimum atomic E-state index is -1.01. The quantitative estimate of drug-likeness (QED) is 0.912. The number of carbonyl (C=O) groups is 2. The van der Waals surface area contributed by atoms with Gasteiger partial charge < -0.3 is 14.7 Å². The number of hydrogen-bond acceptors (Lipinski definition) is 4. The number of morpholine rings is 1. The Morgan fingerprint density at radius 1 is 1.27 bits per heavy atom. The van der Waals surface area contributed by atoms with Gasteiger partial charge in [0.1, 0.15) is 5.56 Å². The molecule has 1 aliphatic heterocycles. The highest BCUT2D eigenvalue weighted by Gasteiger charge is 2.34. The third-order valence-corrected chi connectivity index (χ3v) is 4.46. The molecule has 3 rings (SSSR count). The van der Waals surface area contributed by atoms with E-state index in [1.807, 2.05) is 25.7 Å². The molecule has 2 heterocycles. The lowest BCUT2D eigenvalue weighted by Crippen LogP contribution is -2.53. The van der Waals surface area contributed by atoms with Crippen molar-refractivity contribution in [1.29, 1.82) is 0 Å². The Kier molecular flexibility index (Phi) is 4.58. The highest BCUT2D eigenvalue weighted by Crippen LogP contribution is 2.23. The standard InChI is InChI=1S/C19H23N3O4/c1-12-10-21(11-19(3,4)26-12)17(23)14-5-7-15(8-6-14)22-13(2)16(9-20-22)18(24)25/h5-9,12H,10-11H2,1-4H3,(H,24,25). The van der Waals surface area contributed by atoms with Crippen LogP contribution in [0.1, 0.15) is 47.2 Å². The summed E-state index contributed by atoms with van der Waals surface area (Å²) in [6.07, 6.45) is 1.32. The molecule has 0 aliphatic carbocycles. The summed E-state index contributed by atoms with van der Waals surface area (Å²) in [6, 6.07) is 7.03. The Hall–Kier alpha value is -2.67. The van der Waals surface area contributed by atoms with Crippen molar-refractivity contribution in [3.63, 3.8) is 0 Å². The maximum atomic E-state index is 12.8. The van der Waals surface area contributed by atoms with Crippen LogP contribution in [0.5, 0.6) is 0 Å². The molecule has 0 spiro atoms. The molecule has 26 heavy (non-hydrogen) atoms. The Morgan fingerprint density at radius 3 is 2.46 bits per heavy atom. The predicted octanol–water partition coefficient (Wildman–Crippen LogP) is 2.52. The number of hydrogen-bond donors (Lipinski definition) is 1. The van der Waals surface area contributed by atoms with E-state index >= 15 is 0 Å². The molecule has 1 atom stereocenters. The molecule has 1 fully saturated rings. The van der Waals surface area contributed by atoms with E-state index in [1.165, 1.54) is 6.20 Å². The van der Waals surface area contributed by atoms with Crippen LogP contribution in [0.4, 0.5) is 0 Å². The highest BCUT2D eigenvalue weighted by atomic mass is 16.5. The van der Waals surface area contributed by atoms with Crippen molar-refractivity contribution in [2.45, 2.75) is 39.4 Å². The zero-order valence-electron chi connectivity index (χ0n) is 15.4. The van der Waals surface area contributed by atoms with Crippen molar-refractivity contribution in [3.8, 4) is 5.69 Å². The van der Waals surface area contributed by atoms with Gasteiger partial charge in [-0.25, -0.2) is 9.48 Å². The number of carboxylic acids is 1. The van der Waals surface area contributed by atoms with Crippen LogP contribution in [0.3, 0.4) is 0 Å². The number of nitrogens with zero attached hydrogens (tertiary/aromatic N) is 3. The predicted molar refractivity (Wildman–Crippen MR) is 95.8 cm³/mol. The second-order valence-corrected chi connectivity index (χ2v) is 7.28. The van der Waals surface area contributed by atoms with Crippen LogP contribution in [0.25, 0.3) is 5.69 Å². The first-order chi connectivity index (χ1) is 12.2. The Balaban J connectivity index is 1.81. The molecule has 0 radical (unpaired) electrons. The molecule has 1 amide bonds. The van der Waals surface area contributed by atoms with E-state index in [4.69, 9.17) is 9.84 Å². The molecule has 1 aliphatic rings. The van der Waals surface area contributed by atoms with Gasteiger partial charge in [-0.15, -0.1) is 0 Å². The van der Waals surface area contributed by atoms with Crippen LogP contribution in [-0.2, 0) is 4.74 Å². The molecule has 1 N–H and O–H groups in total. The summed E-state index contributed by atoms with van der Waals surface area (Å²) >= 11 is 0. The van der Waals surface area contributed by atoms with E-state index in [0.29, 0.717) is 30.0 Å². The molecule has 7 nitrogen and oxygen atoms in total. The van der Waals surface area contributed by atoms with E-state index in [9.17, 15) is 9.59 Å². The van der Waals surface area contributed by atoms with E-state index in [1.54, 1.807) is 35.9 Å². The van der Waals surface area contributed by atoms with E-state index in [2.05, 4.69) is 5.10 Å². The fourth-order valence-corrected chi connectivity index (χ4v) is 3.42. The minimum absolute atomic E-state index is 0.0110. The van der Waals surface area contributed by atoms with Crippen LogP contribution >= 0.6 is 0 Å². The van der Waals surface area contributed by atoms with Gasteiger partial charge in [-0.2, -0.15) is 5.10 Å². The SMILES string of the molecule is Cc1c(C(=O)O)cnn1-c1ccc(C(=O)N2CC(C)OC(C)(C)C2)cc1. The second-order valence-electron chi connectivity index (χ2n) is 7.28. The molecular weight excluding hydrogens is 334 g/mol. The monoisotopic (exact) mass is 357 g/mol. The molecule has 1 aromatic heterocycles. The maximum absolute atomic E-state index is 12.8. The number of carbonyl (C=O) groups excluding carboxylic acids is 1. The molecule has 0 saturated carbocycles. The average Bonchev–Trinajstić information content (AvgIpc) is 2.94. The Labute approximate surface area is 152 Å². The number of ether oxygens (including phenoxy) is 1. The summed E-state index contributed by atoms with van der Waals surface area (Å²) in [4.78, 5) is 25.8. The van der Waals surface area contributed by atoms with Gasteiger partial charge in [0.05, 0.1) is 29.3 Å². The third-order valence-electron chi connectivity index (χ3n) is 4.46. The molecule has 1 unspecified atom stereocenters. The fraction of sp³-hybridized carbons (Fsp3) is 0.421. The van der Waals surface area contributed by atoms with Crippen LogP contribution in [0.15, 0.2) is 30.5 Å². The largest absolute Gasteiger partial charge is 0.478 e. The van der Waals surface area contributed by atoms with Crippen molar-refractivity contribution in [3.05, 3.63) is 47.3 Å². The lowest BCUT2D eigenvalue weighted by molar-refractivity contribution is -0.118. The summed E-state index contributed by atoms with van der Waals surface area (Å²) in [5, 5.41) is 13.3. The molecular formula is C19H23N3O4. The summed E-state index contributed by atoms with van der Waals surface area (Å²) in [7, 11) is 0. The van der Waals surface area contributed by atoms with Crippen LogP contribution in [0.2, 0.25) is 0 Å². The van der Waals surface area contributed by atoms with Gasteiger partial charge in [-0.05, 0) is 52.0 Å². The third kappa shape index (κ3) is 3.48. The van der Waals surface area contributed by atoms with Gasteiger partial charge in [0.15, 0.2) is 0 Å². The Bertz CT molecular complexity index is 839. The summed E-state index contributed by atoms with van der Waals surface area (Å²) < 4.78 is 7.40. The van der Waals surface area contributed by atoms with Crippen molar-refractivity contribution >= 4 is 11.9 Å². The minimum Gasteiger partial charge on any atom is -0.478 e. The first-order valence-corrected chi connectivity index (χ1v) is 8.53. The zero-order valence-corrected chi connectivity index (χ0v) is 15.4. The smallest absolute Gasteiger partial charge is 0.339 e. The zero-order chi connectivity index (χ0) is 19.1. The fourth-order valence-electron chi connectivity index (χ4n) is 3.42. The number of aromatic carboxylic acids is 1. The number of rotatable bonds is 3. The number of carboxylic acid groups (broad SMARTS) is 1. The van der Waals surface area contributed by atoms with Crippen molar-refractivity contribution < 1.29 is 19.4 Å². The molecule has 1 saturated heterocycles. The van der Waals surface area contributed by atoms with Crippen molar-refractivity contribution in [2.24, 2.45) is 0 Å². The Morgan fingerprint density at radius 2 is 1.92 bits per heavy atom. The van der Waals surface area contributed by atoms with Crippen LogP contribution in [-0.4, -0.2) is 56.5 Å². The van der Waals surface area contributed by atoms with Gasteiger partial charge in [0.2, 0.25) is 0 Å². The topological polar surface area (TPSA) is 84.7 Å². The summed E-state index contributed by atoms with van der Waals surface area (Å²) in [6.45, 7) is 8.72. The maximum Gasteiger partial charge on any atom is 0.339 e. The second kappa shape index (κ2) is 6.57. The van der Waals surface area contributed by atoms with Crippen molar-refractivity contribution in [2.75, 3.05) is 13.1 Å². The first-order valence-electron chi connectivity index (χ1n) is 8.53. The first kappa shape index (κ1) is 18.1. The van der Waals surface area contributed by atoms with Gasteiger partial charge in [0, 0.05) is 18.7 Å². The molecule has 2 aromatic rings. The van der Waals surface area contributed by atoms with Gasteiger partial charge in [0.25, 0.3) is 5.91 Å². The summed E-state index contributed by atoms with van der Waals surface area (Å²) in [5.74, 6) is -1.05. The van der Waals surface area contributed by atoms with Gasteiger partial charge in [-0.3, -0.25) is 4.79 Å².